The molecule has 0 aliphatic carbocycles. The molecule has 0 aliphatic rings. The summed E-state index contributed by atoms with van der Waals surface area (Å²) in [5.74, 6) is 1.06. The highest BCUT2D eigenvalue weighted by Gasteiger charge is 2.13. The minimum atomic E-state index is -0.362. The van der Waals surface area contributed by atoms with Crippen molar-refractivity contribution in [1.82, 2.24) is 4.90 Å². The van der Waals surface area contributed by atoms with E-state index in [9.17, 15) is 5.11 Å². The molecule has 1 heterocycles. The topological polar surface area (TPSA) is 60.4 Å². The molecule has 110 valence electrons. The van der Waals surface area contributed by atoms with E-state index in [1.54, 1.807) is 6.07 Å². The highest BCUT2D eigenvalue weighted by Crippen LogP contribution is 2.13. The number of benzene rings is 1. The predicted molar refractivity (Wildman–Crippen MR) is 80.3 cm³/mol. The summed E-state index contributed by atoms with van der Waals surface area (Å²) in [4.78, 5) is 2.13. The van der Waals surface area contributed by atoms with E-state index in [2.05, 4.69) is 17.0 Å². The molecule has 21 heavy (non-hydrogen) atoms. The molecule has 0 aliphatic heterocycles. The first kappa shape index (κ1) is 15.3. The van der Waals surface area contributed by atoms with Crippen molar-refractivity contribution in [2.24, 2.45) is 0 Å². The van der Waals surface area contributed by atoms with Crippen LogP contribution in [-0.4, -0.2) is 22.7 Å². The van der Waals surface area contributed by atoms with Crippen molar-refractivity contribution in [3.8, 4) is 6.07 Å². The van der Waals surface area contributed by atoms with Crippen LogP contribution in [0.15, 0.2) is 46.9 Å². The SMILES string of the molecule is CCC(O)CN(Cc1ccccc1)Cc1ccc(C#N)o1. The zero-order valence-electron chi connectivity index (χ0n) is 12.2. The molecule has 0 bridgehead atoms. The van der Waals surface area contributed by atoms with Crippen molar-refractivity contribution < 1.29 is 9.52 Å². The van der Waals surface area contributed by atoms with Crippen LogP contribution in [0.4, 0.5) is 0 Å². The number of nitrogens with zero attached hydrogens (tertiary/aromatic N) is 2. The Morgan fingerprint density at radius 1 is 1.19 bits per heavy atom. The van der Waals surface area contributed by atoms with Gasteiger partial charge in [-0.15, -0.1) is 0 Å². The summed E-state index contributed by atoms with van der Waals surface area (Å²) in [7, 11) is 0. The Morgan fingerprint density at radius 3 is 2.57 bits per heavy atom. The minimum Gasteiger partial charge on any atom is -0.449 e. The maximum atomic E-state index is 9.91. The van der Waals surface area contributed by atoms with E-state index < -0.39 is 0 Å². The summed E-state index contributed by atoms with van der Waals surface area (Å²) >= 11 is 0. The third-order valence-corrected chi connectivity index (χ3v) is 3.34. The first-order valence-electron chi connectivity index (χ1n) is 7.14. The molecule has 1 N–H and O–H groups in total. The van der Waals surface area contributed by atoms with Gasteiger partial charge in [0.1, 0.15) is 11.8 Å². The van der Waals surface area contributed by atoms with Crippen LogP contribution in [0.5, 0.6) is 0 Å². The number of hydrogen-bond acceptors (Lipinski definition) is 4. The molecule has 2 aromatic rings. The van der Waals surface area contributed by atoms with Crippen LogP contribution in [0.3, 0.4) is 0 Å². The molecule has 1 aromatic heterocycles. The van der Waals surface area contributed by atoms with Gasteiger partial charge in [0.15, 0.2) is 0 Å². The molecule has 4 heteroatoms. The van der Waals surface area contributed by atoms with Crippen LogP contribution < -0.4 is 0 Å². The zero-order chi connectivity index (χ0) is 15.1. The molecular weight excluding hydrogens is 264 g/mol. The first-order chi connectivity index (χ1) is 10.2. The number of hydrogen-bond donors (Lipinski definition) is 1. The van der Waals surface area contributed by atoms with E-state index in [-0.39, 0.29) is 6.10 Å². The molecule has 0 saturated heterocycles. The molecule has 0 saturated carbocycles. The van der Waals surface area contributed by atoms with Gasteiger partial charge in [-0.2, -0.15) is 5.26 Å². The molecule has 1 atom stereocenters. The summed E-state index contributed by atoms with van der Waals surface area (Å²) in [6.45, 7) is 3.86. The molecule has 2 rings (SSSR count). The molecule has 0 amide bonds. The van der Waals surface area contributed by atoms with E-state index in [0.717, 1.165) is 12.3 Å². The van der Waals surface area contributed by atoms with Gasteiger partial charge < -0.3 is 9.52 Å². The van der Waals surface area contributed by atoms with Gasteiger partial charge in [0.2, 0.25) is 5.76 Å². The van der Waals surface area contributed by atoms with Crippen molar-refractivity contribution in [3.05, 3.63) is 59.5 Å². The second-order valence-corrected chi connectivity index (χ2v) is 5.10. The quantitative estimate of drug-likeness (QED) is 0.849. The van der Waals surface area contributed by atoms with Gasteiger partial charge in [0.25, 0.3) is 0 Å². The highest BCUT2D eigenvalue weighted by atomic mass is 16.3. The minimum absolute atomic E-state index is 0.320. The number of furan rings is 1. The van der Waals surface area contributed by atoms with Gasteiger partial charge in [0.05, 0.1) is 12.6 Å². The second-order valence-electron chi connectivity index (χ2n) is 5.10. The lowest BCUT2D eigenvalue weighted by Gasteiger charge is -2.23. The lowest BCUT2D eigenvalue weighted by molar-refractivity contribution is 0.0973. The zero-order valence-corrected chi connectivity index (χ0v) is 12.2. The largest absolute Gasteiger partial charge is 0.449 e. The lowest BCUT2D eigenvalue weighted by Crippen LogP contribution is -2.31. The molecule has 1 aromatic carbocycles. The standard InChI is InChI=1S/C17H20N2O2/c1-2-15(20)12-19(11-14-6-4-3-5-7-14)13-17-9-8-16(10-18)21-17/h3-9,15,20H,2,11-13H2,1H3. The second kappa shape index (κ2) is 7.63. The lowest BCUT2D eigenvalue weighted by atomic mass is 10.2. The van der Waals surface area contributed by atoms with E-state index in [0.29, 0.717) is 25.3 Å². The van der Waals surface area contributed by atoms with Crippen LogP contribution in [0.2, 0.25) is 0 Å². The predicted octanol–water partition coefficient (Wildman–Crippen LogP) is 2.92. The maximum Gasteiger partial charge on any atom is 0.203 e. The Kier molecular flexibility index (Phi) is 5.56. The highest BCUT2D eigenvalue weighted by molar-refractivity contribution is 5.19. The van der Waals surface area contributed by atoms with Gasteiger partial charge in [-0.25, -0.2) is 0 Å². The van der Waals surface area contributed by atoms with E-state index in [4.69, 9.17) is 9.68 Å². The first-order valence-corrected chi connectivity index (χ1v) is 7.14. The summed E-state index contributed by atoms with van der Waals surface area (Å²) in [6, 6.07) is 15.6. The van der Waals surface area contributed by atoms with Gasteiger partial charge in [-0.05, 0) is 24.1 Å². The fourth-order valence-electron chi connectivity index (χ4n) is 2.20. The average molecular weight is 284 g/mol. The van der Waals surface area contributed by atoms with Crippen LogP contribution >= 0.6 is 0 Å². The van der Waals surface area contributed by atoms with Crippen LogP contribution in [0, 0.1) is 11.3 Å². The smallest absolute Gasteiger partial charge is 0.203 e. The van der Waals surface area contributed by atoms with Gasteiger partial charge in [0, 0.05) is 13.1 Å². The van der Waals surface area contributed by atoms with Gasteiger partial charge >= 0.3 is 0 Å². The number of aliphatic hydroxyl groups excluding tert-OH is 1. The normalized spacial score (nSPS) is 12.3. The molecular formula is C17H20N2O2. The molecule has 0 spiro atoms. The van der Waals surface area contributed by atoms with Crippen LogP contribution in [0.25, 0.3) is 0 Å². The van der Waals surface area contributed by atoms with Crippen molar-refractivity contribution in [1.29, 1.82) is 5.26 Å². The van der Waals surface area contributed by atoms with Crippen molar-refractivity contribution in [2.75, 3.05) is 6.54 Å². The number of rotatable bonds is 7. The Morgan fingerprint density at radius 2 is 1.95 bits per heavy atom. The van der Waals surface area contributed by atoms with Gasteiger partial charge in [-0.1, -0.05) is 37.3 Å². The van der Waals surface area contributed by atoms with E-state index in [1.165, 1.54) is 5.56 Å². The molecule has 1 unspecified atom stereocenters. The summed E-state index contributed by atoms with van der Waals surface area (Å²) in [5, 5.41) is 18.7. The Balaban J connectivity index is 2.06. The van der Waals surface area contributed by atoms with Crippen molar-refractivity contribution >= 4 is 0 Å². The van der Waals surface area contributed by atoms with Crippen LogP contribution in [-0.2, 0) is 13.1 Å². The third kappa shape index (κ3) is 4.75. The molecule has 4 nitrogen and oxygen atoms in total. The van der Waals surface area contributed by atoms with Crippen molar-refractivity contribution in [2.45, 2.75) is 32.5 Å². The summed E-state index contributed by atoms with van der Waals surface area (Å²) in [5.41, 5.74) is 1.19. The Hall–Kier alpha value is -2.09. The Bertz CT molecular complexity index is 586. The molecule has 0 radical (unpaired) electrons. The van der Waals surface area contributed by atoms with Gasteiger partial charge in [-0.3, -0.25) is 4.90 Å². The monoisotopic (exact) mass is 284 g/mol. The fourth-order valence-corrected chi connectivity index (χ4v) is 2.20. The molecule has 0 fully saturated rings. The van der Waals surface area contributed by atoms with E-state index >= 15 is 0 Å². The fraction of sp³-hybridized carbons (Fsp3) is 0.353. The van der Waals surface area contributed by atoms with Crippen molar-refractivity contribution in [3.63, 3.8) is 0 Å². The third-order valence-electron chi connectivity index (χ3n) is 3.34. The van der Waals surface area contributed by atoms with E-state index in [1.807, 2.05) is 37.3 Å². The summed E-state index contributed by atoms with van der Waals surface area (Å²) in [6.07, 6.45) is 0.353. The number of nitriles is 1. The number of aliphatic hydroxyl groups is 1. The van der Waals surface area contributed by atoms with Crippen LogP contribution in [0.1, 0.15) is 30.4 Å². The Labute approximate surface area is 125 Å². The summed E-state index contributed by atoms with van der Waals surface area (Å²) < 4.78 is 5.43. The average Bonchev–Trinajstić information content (AvgIpc) is 2.95. The maximum absolute atomic E-state index is 9.91.